The van der Waals surface area contributed by atoms with Gasteiger partial charge in [0.05, 0.1) is 5.75 Å². The lowest BCUT2D eigenvalue weighted by molar-refractivity contribution is 0.581. The van der Waals surface area contributed by atoms with Crippen molar-refractivity contribution in [3.63, 3.8) is 0 Å². The fourth-order valence-corrected chi connectivity index (χ4v) is 1.77. The third-order valence-electron chi connectivity index (χ3n) is 1.14. The van der Waals surface area contributed by atoms with E-state index in [2.05, 4.69) is 11.3 Å². The van der Waals surface area contributed by atoms with E-state index >= 15 is 0 Å². The zero-order chi connectivity index (χ0) is 8.74. The Morgan fingerprint density at radius 3 is 2.64 bits per heavy atom. The van der Waals surface area contributed by atoms with Gasteiger partial charge in [0.15, 0.2) is 0 Å². The number of hydrogen-bond acceptors (Lipinski definition) is 2. The van der Waals surface area contributed by atoms with Gasteiger partial charge in [-0.2, -0.15) is 0 Å². The lowest BCUT2D eigenvalue weighted by Crippen LogP contribution is -2.26. The SMILES string of the molecule is C=CCCNS(=O)(=O)CCC. The summed E-state index contributed by atoms with van der Waals surface area (Å²) in [5.74, 6) is 0.212. The first-order chi connectivity index (χ1) is 5.12. The average Bonchev–Trinajstić information content (AvgIpc) is 1.87. The minimum absolute atomic E-state index is 0.212. The molecule has 0 bridgehead atoms. The van der Waals surface area contributed by atoms with Gasteiger partial charge in [-0.3, -0.25) is 0 Å². The molecule has 0 aliphatic carbocycles. The molecule has 0 radical (unpaired) electrons. The number of nitrogens with one attached hydrogen (secondary N) is 1. The van der Waals surface area contributed by atoms with E-state index < -0.39 is 10.0 Å². The lowest BCUT2D eigenvalue weighted by atomic mass is 10.4. The molecular formula is C7H15NO2S. The van der Waals surface area contributed by atoms with Crippen molar-refractivity contribution in [3.05, 3.63) is 12.7 Å². The molecule has 3 nitrogen and oxygen atoms in total. The molecule has 0 aliphatic heterocycles. The summed E-state index contributed by atoms with van der Waals surface area (Å²) in [7, 11) is -3.00. The monoisotopic (exact) mass is 177 g/mol. The van der Waals surface area contributed by atoms with E-state index in [0.29, 0.717) is 19.4 Å². The molecule has 0 rings (SSSR count). The van der Waals surface area contributed by atoms with Gasteiger partial charge >= 0.3 is 0 Å². The molecule has 1 N–H and O–H groups in total. The van der Waals surface area contributed by atoms with Crippen LogP contribution in [0.25, 0.3) is 0 Å². The van der Waals surface area contributed by atoms with Crippen LogP contribution < -0.4 is 4.72 Å². The van der Waals surface area contributed by atoms with E-state index in [1.54, 1.807) is 6.08 Å². The molecule has 0 saturated carbocycles. The summed E-state index contributed by atoms with van der Waals surface area (Å²) in [5.41, 5.74) is 0. The maximum atomic E-state index is 11.0. The lowest BCUT2D eigenvalue weighted by Gasteiger charge is -2.02. The Labute approximate surface area is 68.5 Å². The zero-order valence-corrected chi connectivity index (χ0v) is 7.65. The van der Waals surface area contributed by atoms with Crippen LogP contribution in [0.1, 0.15) is 19.8 Å². The van der Waals surface area contributed by atoms with E-state index in [4.69, 9.17) is 0 Å². The first-order valence-electron chi connectivity index (χ1n) is 3.70. The smallest absolute Gasteiger partial charge is 0.211 e. The Bertz CT molecular complexity index is 196. The highest BCUT2D eigenvalue weighted by molar-refractivity contribution is 7.89. The molecule has 4 heteroatoms. The second-order valence-electron chi connectivity index (χ2n) is 2.29. The highest BCUT2D eigenvalue weighted by Gasteiger charge is 2.05. The van der Waals surface area contributed by atoms with Gasteiger partial charge in [-0.1, -0.05) is 13.0 Å². The number of hydrogen-bond donors (Lipinski definition) is 1. The Morgan fingerprint density at radius 1 is 1.55 bits per heavy atom. The molecule has 11 heavy (non-hydrogen) atoms. The Kier molecular flexibility index (Phi) is 5.15. The molecule has 0 aromatic rings. The van der Waals surface area contributed by atoms with Crippen LogP contribution in [0.5, 0.6) is 0 Å². The maximum absolute atomic E-state index is 11.0. The van der Waals surface area contributed by atoms with Gasteiger partial charge in [-0.05, 0) is 12.8 Å². The van der Waals surface area contributed by atoms with E-state index in [1.807, 2.05) is 6.92 Å². The summed E-state index contributed by atoms with van der Waals surface area (Å²) in [6, 6.07) is 0. The van der Waals surface area contributed by atoms with Crippen molar-refractivity contribution in [2.45, 2.75) is 19.8 Å². The predicted molar refractivity (Wildman–Crippen MR) is 46.9 cm³/mol. The summed E-state index contributed by atoms with van der Waals surface area (Å²) < 4.78 is 24.4. The summed E-state index contributed by atoms with van der Waals surface area (Å²) in [6.45, 7) is 5.80. The molecule has 0 aromatic carbocycles. The van der Waals surface area contributed by atoms with Crippen LogP contribution in [0.2, 0.25) is 0 Å². The van der Waals surface area contributed by atoms with Crippen molar-refractivity contribution < 1.29 is 8.42 Å². The predicted octanol–water partition coefficient (Wildman–Crippen LogP) is 0.892. The quantitative estimate of drug-likeness (QED) is 0.484. The second-order valence-corrected chi connectivity index (χ2v) is 4.22. The fraction of sp³-hybridized carbons (Fsp3) is 0.714. The third-order valence-corrected chi connectivity index (χ3v) is 2.73. The zero-order valence-electron chi connectivity index (χ0n) is 6.84. The molecule has 0 amide bonds. The minimum Gasteiger partial charge on any atom is -0.215 e. The van der Waals surface area contributed by atoms with Gasteiger partial charge in [0.25, 0.3) is 0 Å². The molecule has 0 aliphatic rings. The number of sulfonamides is 1. The maximum Gasteiger partial charge on any atom is 0.211 e. The molecule has 66 valence electrons. The second kappa shape index (κ2) is 5.32. The fourth-order valence-electron chi connectivity index (χ4n) is 0.657. The highest BCUT2D eigenvalue weighted by atomic mass is 32.2. The van der Waals surface area contributed by atoms with E-state index in [0.717, 1.165) is 0 Å². The Hall–Kier alpha value is -0.350. The average molecular weight is 177 g/mol. The van der Waals surface area contributed by atoms with Crippen molar-refractivity contribution >= 4 is 10.0 Å². The van der Waals surface area contributed by atoms with Crippen molar-refractivity contribution in [1.82, 2.24) is 4.72 Å². The van der Waals surface area contributed by atoms with Crippen LogP contribution in [0.4, 0.5) is 0 Å². The molecule has 0 unspecified atom stereocenters. The highest BCUT2D eigenvalue weighted by Crippen LogP contribution is 1.88. The first-order valence-corrected chi connectivity index (χ1v) is 5.36. The van der Waals surface area contributed by atoms with Gasteiger partial charge in [0.2, 0.25) is 10.0 Å². The van der Waals surface area contributed by atoms with Crippen LogP contribution in [-0.4, -0.2) is 20.7 Å². The van der Waals surface area contributed by atoms with Crippen molar-refractivity contribution in [3.8, 4) is 0 Å². The molecule has 0 aromatic heterocycles. The van der Waals surface area contributed by atoms with E-state index in [9.17, 15) is 8.42 Å². The Morgan fingerprint density at radius 2 is 2.18 bits per heavy atom. The van der Waals surface area contributed by atoms with Crippen molar-refractivity contribution in [2.24, 2.45) is 0 Å². The van der Waals surface area contributed by atoms with Crippen LogP contribution in [0.3, 0.4) is 0 Å². The van der Waals surface area contributed by atoms with E-state index in [-0.39, 0.29) is 5.75 Å². The Balaban J connectivity index is 3.64. The first kappa shape index (κ1) is 10.7. The van der Waals surface area contributed by atoms with Crippen molar-refractivity contribution in [2.75, 3.05) is 12.3 Å². The van der Waals surface area contributed by atoms with Crippen LogP contribution in [0, 0.1) is 0 Å². The van der Waals surface area contributed by atoms with Crippen molar-refractivity contribution in [1.29, 1.82) is 0 Å². The van der Waals surface area contributed by atoms with Gasteiger partial charge in [0, 0.05) is 6.54 Å². The molecule has 0 fully saturated rings. The van der Waals surface area contributed by atoms with Gasteiger partial charge in [0.1, 0.15) is 0 Å². The largest absolute Gasteiger partial charge is 0.215 e. The molecule has 0 heterocycles. The summed E-state index contributed by atoms with van der Waals surface area (Å²) >= 11 is 0. The number of rotatable bonds is 6. The van der Waals surface area contributed by atoms with Crippen LogP contribution in [0.15, 0.2) is 12.7 Å². The van der Waals surface area contributed by atoms with Gasteiger partial charge in [-0.25, -0.2) is 13.1 Å². The molecular weight excluding hydrogens is 162 g/mol. The summed E-state index contributed by atoms with van der Waals surface area (Å²) in [4.78, 5) is 0. The van der Waals surface area contributed by atoms with Gasteiger partial charge < -0.3 is 0 Å². The van der Waals surface area contributed by atoms with Gasteiger partial charge in [-0.15, -0.1) is 6.58 Å². The third kappa shape index (κ3) is 6.06. The van der Waals surface area contributed by atoms with Crippen LogP contribution >= 0.6 is 0 Å². The standard InChI is InChI=1S/C7H15NO2S/c1-3-5-6-8-11(9,10)7-4-2/h3,8H,1,4-7H2,2H3. The molecule has 0 saturated heterocycles. The molecule has 0 atom stereocenters. The normalized spacial score (nSPS) is 11.4. The molecule has 0 spiro atoms. The summed E-state index contributed by atoms with van der Waals surface area (Å²) in [6.07, 6.45) is 3.03. The summed E-state index contributed by atoms with van der Waals surface area (Å²) in [5, 5.41) is 0. The topological polar surface area (TPSA) is 46.2 Å². The van der Waals surface area contributed by atoms with Crippen LogP contribution in [-0.2, 0) is 10.0 Å². The minimum atomic E-state index is -3.00. The van der Waals surface area contributed by atoms with E-state index in [1.165, 1.54) is 0 Å².